The highest BCUT2D eigenvalue weighted by Gasteiger charge is 2.24. The number of ether oxygens (including phenoxy) is 4. The normalized spacial score (nSPS) is 12.1. The molecule has 4 aromatic rings. The second kappa shape index (κ2) is 14.3. The Labute approximate surface area is 269 Å². The quantitative estimate of drug-likeness (QED) is 0.119. The van der Waals surface area contributed by atoms with Gasteiger partial charge in [0.1, 0.15) is 10.8 Å². The van der Waals surface area contributed by atoms with Crippen molar-refractivity contribution < 1.29 is 23.7 Å². The number of fused-ring (bicyclic) bond motifs is 1. The van der Waals surface area contributed by atoms with E-state index in [0.717, 1.165) is 22.4 Å². The molecule has 0 spiro atoms. The lowest BCUT2D eigenvalue weighted by Gasteiger charge is -2.19. The Bertz CT molecular complexity index is 1790. The molecule has 0 amide bonds. The zero-order valence-corrected chi connectivity index (χ0v) is 28.1. The van der Waals surface area contributed by atoms with Gasteiger partial charge < -0.3 is 18.9 Å². The first kappa shape index (κ1) is 33.0. The van der Waals surface area contributed by atoms with E-state index >= 15 is 0 Å². The van der Waals surface area contributed by atoms with Crippen LogP contribution in [0.3, 0.4) is 0 Å². The van der Waals surface area contributed by atoms with Crippen molar-refractivity contribution in [2.24, 2.45) is 5.10 Å². The van der Waals surface area contributed by atoms with Crippen LogP contribution in [0.4, 0.5) is 0 Å². The summed E-state index contributed by atoms with van der Waals surface area (Å²) in [6.45, 7) is 12.3. The number of nitrogens with zero attached hydrogens (tertiary/aromatic N) is 3. The van der Waals surface area contributed by atoms with E-state index in [1.807, 2.05) is 39.0 Å². The van der Waals surface area contributed by atoms with Crippen LogP contribution in [0.15, 0.2) is 56.8 Å². The SMILES string of the molecule is CCOc1cc(C)c(-c2nc3ccccc3c(=O)n2N=Cc2cc(OCC)c(O[C@@H](C)C(=O)OC)c(Cl)c2Br)cc1C(C)C. The average Bonchev–Trinajstić information content (AvgIpc) is 3.00. The first-order chi connectivity index (χ1) is 21.0. The summed E-state index contributed by atoms with van der Waals surface area (Å²) in [5, 5.41) is 5.23. The zero-order chi connectivity index (χ0) is 32.1. The number of carbonyl (C=O) groups is 1. The molecule has 0 N–H and O–H groups in total. The molecule has 0 saturated heterocycles. The second-order valence-corrected chi connectivity index (χ2v) is 11.4. The van der Waals surface area contributed by atoms with Gasteiger partial charge in [-0.1, -0.05) is 37.6 Å². The van der Waals surface area contributed by atoms with E-state index < -0.39 is 12.1 Å². The predicted molar refractivity (Wildman–Crippen MR) is 177 cm³/mol. The molecule has 232 valence electrons. The van der Waals surface area contributed by atoms with Crippen LogP contribution in [0.1, 0.15) is 57.2 Å². The summed E-state index contributed by atoms with van der Waals surface area (Å²) < 4.78 is 24.0. The Morgan fingerprint density at radius 1 is 1.09 bits per heavy atom. The Morgan fingerprint density at radius 3 is 2.43 bits per heavy atom. The maximum Gasteiger partial charge on any atom is 0.346 e. The third-order valence-electron chi connectivity index (χ3n) is 6.87. The molecule has 0 aliphatic heterocycles. The summed E-state index contributed by atoms with van der Waals surface area (Å²) in [6, 6.07) is 12.8. The van der Waals surface area contributed by atoms with Crippen LogP contribution in [0.2, 0.25) is 5.02 Å². The highest BCUT2D eigenvalue weighted by Crippen LogP contribution is 2.43. The number of hydrogen-bond donors (Lipinski definition) is 0. The number of methoxy groups -OCH3 is 1. The lowest BCUT2D eigenvalue weighted by molar-refractivity contribution is -0.147. The van der Waals surface area contributed by atoms with Crippen molar-refractivity contribution in [1.82, 2.24) is 9.66 Å². The summed E-state index contributed by atoms with van der Waals surface area (Å²) in [5.41, 5.74) is 3.37. The van der Waals surface area contributed by atoms with Gasteiger partial charge in [0.05, 0.1) is 37.4 Å². The van der Waals surface area contributed by atoms with Crippen molar-refractivity contribution in [3.63, 3.8) is 0 Å². The van der Waals surface area contributed by atoms with Gasteiger partial charge in [-0.15, -0.1) is 0 Å². The molecule has 0 radical (unpaired) electrons. The van der Waals surface area contributed by atoms with Crippen LogP contribution >= 0.6 is 27.5 Å². The lowest BCUT2D eigenvalue weighted by atomic mass is 9.96. The first-order valence-electron chi connectivity index (χ1n) is 14.2. The zero-order valence-electron chi connectivity index (χ0n) is 25.7. The second-order valence-electron chi connectivity index (χ2n) is 10.2. The number of hydrogen-bond acceptors (Lipinski definition) is 8. The monoisotopic (exact) mass is 683 g/mol. The average molecular weight is 685 g/mol. The van der Waals surface area contributed by atoms with E-state index in [9.17, 15) is 9.59 Å². The van der Waals surface area contributed by atoms with Crippen molar-refractivity contribution in [2.45, 2.75) is 53.6 Å². The van der Waals surface area contributed by atoms with Gasteiger partial charge in [0.25, 0.3) is 5.56 Å². The Hall–Kier alpha value is -3.89. The van der Waals surface area contributed by atoms with Gasteiger partial charge >= 0.3 is 5.97 Å². The van der Waals surface area contributed by atoms with E-state index in [1.54, 1.807) is 31.2 Å². The topological polar surface area (TPSA) is 101 Å². The van der Waals surface area contributed by atoms with E-state index in [1.165, 1.54) is 18.0 Å². The fraction of sp³-hybridized carbons (Fsp3) is 0.333. The molecule has 0 aliphatic carbocycles. The number of halogens is 2. The molecule has 0 aliphatic rings. The van der Waals surface area contributed by atoms with Crippen LogP contribution < -0.4 is 19.8 Å². The molecule has 11 heteroatoms. The largest absolute Gasteiger partial charge is 0.494 e. The van der Waals surface area contributed by atoms with Gasteiger partial charge in [0.2, 0.25) is 0 Å². The van der Waals surface area contributed by atoms with Crippen LogP contribution in [0, 0.1) is 6.92 Å². The molecular weight excluding hydrogens is 650 g/mol. The number of carbonyl (C=O) groups excluding carboxylic acids is 1. The lowest BCUT2D eigenvalue weighted by Crippen LogP contribution is -2.25. The molecule has 0 fully saturated rings. The molecular formula is C33H35BrClN3O6. The van der Waals surface area contributed by atoms with Crippen LogP contribution in [-0.2, 0) is 9.53 Å². The maximum absolute atomic E-state index is 13.9. The van der Waals surface area contributed by atoms with E-state index in [4.69, 9.17) is 35.5 Å². The van der Waals surface area contributed by atoms with Crippen molar-refractivity contribution in [1.29, 1.82) is 0 Å². The molecule has 1 heterocycles. The fourth-order valence-corrected chi connectivity index (χ4v) is 5.30. The highest BCUT2D eigenvalue weighted by molar-refractivity contribution is 9.10. The van der Waals surface area contributed by atoms with Gasteiger partial charge in [-0.2, -0.15) is 9.78 Å². The molecule has 44 heavy (non-hydrogen) atoms. The van der Waals surface area contributed by atoms with Crippen LogP contribution in [0.25, 0.3) is 22.3 Å². The molecule has 0 bridgehead atoms. The molecule has 4 rings (SSSR count). The van der Waals surface area contributed by atoms with Crippen molar-refractivity contribution in [2.75, 3.05) is 20.3 Å². The first-order valence-corrected chi connectivity index (χ1v) is 15.4. The van der Waals surface area contributed by atoms with Crippen molar-refractivity contribution in [3.8, 4) is 28.6 Å². The summed E-state index contributed by atoms with van der Waals surface area (Å²) in [6.07, 6.45) is 0.571. The van der Waals surface area contributed by atoms with Crippen molar-refractivity contribution >= 4 is 50.6 Å². The molecule has 0 unspecified atom stereocenters. The molecule has 0 saturated carbocycles. The highest BCUT2D eigenvalue weighted by atomic mass is 79.9. The Morgan fingerprint density at radius 2 is 1.77 bits per heavy atom. The van der Waals surface area contributed by atoms with Crippen molar-refractivity contribution in [3.05, 3.63) is 79.0 Å². The van der Waals surface area contributed by atoms with Gasteiger partial charge in [-0.25, -0.2) is 9.78 Å². The summed E-state index contributed by atoms with van der Waals surface area (Å²) in [7, 11) is 1.28. The fourth-order valence-electron chi connectivity index (χ4n) is 4.66. The number of rotatable bonds is 11. The molecule has 1 aromatic heterocycles. The molecule has 3 aromatic carbocycles. The van der Waals surface area contributed by atoms with Gasteiger partial charge in [0, 0.05) is 15.6 Å². The minimum absolute atomic E-state index is 0.165. The summed E-state index contributed by atoms with van der Waals surface area (Å²) in [4.78, 5) is 30.8. The summed E-state index contributed by atoms with van der Waals surface area (Å²) in [5.74, 6) is 1.25. The third-order valence-corrected chi connectivity index (χ3v) is 8.31. The maximum atomic E-state index is 13.9. The van der Waals surface area contributed by atoms with Gasteiger partial charge in [0.15, 0.2) is 23.4 Å². The number of benzene rings is 3. The smallest absolute Gasteiger partial charge is 0.346 e. The number of para-hydroxylation sites is 1. The predicted octanol–water partition coefficient (Wildman–Crippen LogP) is 7.53. The third kappa shape index (κ3) is 6.76. The van der Waals surface area contributed by atoms with Gasteiger partial charge in [-0.05, 0) is 91.0 Å². The van der Waals surface area contributed by atoms with Crippen LogP contribution in [-0.4, -0.2) is 48.3 Å². The van der Waals surface area contributed by atoms with E-state index in [2.05, 4.69) is 34.9 Å². The van der Waals surface area contributed by atoms with E-state index in [-0.39, 0.29) is 22.2 Å². The van der Waals surface area contributed by atoms with Gasteiger partial charge in [-0.3, -0.25) is 4.79 Å². The number of aromatic nitrogens is 2. The number of esters is 1. The van der Waals surface area contributed by atoms with E-state index in [0.29, 0.717) is 45.7 Å². The number of aryl methyl sites for hydroxylation is 1. The minimum Gasteiger partial charge on any atom is -0.494 e. The minimum atomic E-state index is -0.930. The van der Waals surface area contributed by atoms with Crippen LogP contribution in [0.5, 0.6) is 17.2 Å². The Kier molecular flexibility index (Phi) is 10.7. The molecule has 1 atom stereocenters. The summed E-state index contributed by atoms with van der Waals surface area (Å²) >= 11 is 10.2. The molecule has 9 nitrogen and oxygen atoms in total. The standard InChI is InChI=1S/C33H35BrClN3O6/c1-8-42-26-14-19(5)24(16-23(26)18(3)4)31-37-25-13-11-10-12-22(25)32(39)38(31)36-17-21-15-27(43-9-2)30(29(35)28(21)34)44-20(6)33(40)41-7/h10-18,20H,8-9H2,1-7H3/t20-/m0/s1. The Balaban J connectivity index is 1.92.